The molecule has 0 atom stereocenters. The predicted octanol–water partition coefficient (Wildman–Crippen LogP) is 3.34. The highest BCUT2D eigenvalue weighted by Gasteiger charge is 2.28. The highest BCUT2D eigenvalue weighted by atomic mass is 32.3. The second kappa shape index (κ2) is 9.54. The number of nitrogens with zero attached hydrogens (tertiary/aromatic N) is 2. The largest absolute Gasteiger partial charge is 0.289 e. The molecule has 0 fully saturated rings. The van der Waals surface area contributed by atoms with E-state index in [1.54, 1.807) is 55.0 Å². The van der Waals surface area contributed by atoms with Crippen LogP contribution in [-0.4, -0.2) is 38.2 Å². The Labute approximate surface area is 156 Å². The molecule has 0 aliphatic carbocycles. The molecule has 0 aliphatic rings. The van der Waals surface area contributed by atoms with Gasteiger partial charge in [0.1, 0.15) is 17.7 Å². The van der Waals surface area contributed by atoms with Crippen molar-refractivity contribution in [1.82, 2.24) is 0 Å². The Morgan fingerprint density at radius 1 is 1.12 bits per heavy atom. The van der Waals surface area contributed by atoms with E-state index in [1.165, 1.54) is 0 Å². The first-order chi connectivity index (χ1) is 12.2. The van der Waals surface area contributed by atoms with Gasteiger partial charge in [-0.15, -0.1) is 10.3 Å². The van der Waals surface area contributed by atoms with Gasteiger partial charge in [0.2, 0.25) is 0 Å². The van der Waals surface area contributed by atoms with Crippen molar-refractivity contribution in [3.8, 4) is 12.1 Å². The Kier molecular flexibility index (Phi) is 8.04. The van der Waals surface area contributed by atoms with Gasteiger partial charge >= 0.3 is 0 Å². The quantitative estimate of drug-likeness (QED) is 0.361. The fourth-order valence-corrected chi connectivity index (χ4v) is 6.50. The summed E-state index contributed by atoms with van der Waals surface area (Å²) in [5, 5.41) is 18.4. The van der Waals surface area contributed by atoms with Crippen molar-refractivity contribution in [3.05, 3.63) is 47.0 Å². The van der Waals surface area contributed by atoms with E-state index < -0.39 is 26.2 Å². The van der Waals surface area contributed by atoms with Crippen LogP contribution in [0.15, 0.2) is 41.5 Å². The van der Waals surface area contributed by atoms with E-state index in [4.69, 9.17) is 3.63 Å². The van der Waals surface area contributed by atoms with Crippen LogP contribution in [0, 0.1) is 22.7 Å². The number of hydrogen-bond acceptors (Lipinski definition) is 6. The summed E-state index contributed by atoms with van der Waals surface area (Å²) in [4.78, 5) is 12.8. The number of ketones is 1. The lowest BCUT2D eigenvalue weighted by molar-refractivity contribution is 0.103. The van der Waals surface area contributed by atoms with E-state index in [2.05, 4.69) is 0 Å². The molecule has 0 saturated carbocycles. The SMILES string of the molecule is CCCCS(=O)(=O)OS(C)(C)CC(C(=O)c1ccccc1)=C(C#N)C#N. The molecule has 0 N–H and O–H groups in total. The van der Waals surface area contributed by atoms with E-state index in [0.29, 0.717) is 18.4 Å². The Morgan fingerprint density at radius 2 is 1.69 bits per heavy atom. The molecule has 1 aromatic rings. The zero-order valence-electron chi connectivity index (χ0n) is 15.1. The molecule has 0 radical (unpaired) electrons. The van der Waals surface area contributed by atoms with Crippen LogP contribution in [0.2, 0.25) is 0 Å². The van der Waals surface area contributed by atoms with Crippen LogP contribution >= 0.6 is 10.3 Å². The maximum Gasteiger partial charge on any atom is 0.276 e. The molecule has 26 heavy (non-hydrogen) atoms. The summed E-state index contributed by atoms with van der Waals surface area (Å²) >= 11 is 0. The maximum absolute atomic E-state index is 12.8. The van der Waals surface area contributed by atoms with Gasteiger partial charge in [-0.3, -0.25) is 4.79 Å². The zero-order valence-corrected chi connectivity index (χ0v) is 16.7. The van der Waals surface area contributed by atoms with Crippen molar-refractivity contribution >= 4 is 26.2 Å². The minimum absolute atomic E-state index is 0.0214. The number of unbranched alkanes of at least 4 members (excludes halogenated alkanes) is 1. The highest BCUT2D eigenvalue weighted by Crippen LogP contribution is 2.45. The fourth-order valence-electron chi connectivity index (χ4n) is 2.18. The minimum atomic E-state index is -3.74. The van der Waals surface area contributed by atoms with Crippen LogP contribution in [0.4, 0.5) is 0 Å². The second-order valence-electron chi connectivity index (χ2n) is 6.04. The molecule has 0 unspecified atom stereocenters. The van der Waals surface area contributed by atoms with E-state index in [1.807, 2.05) is 6.92 Å². The topological polar surface area (TPSA) is 108 Å². The predicted molar refractivity (Wildman–Crippen MR) is 103 cm³/mol. The third-order valence-electron chi connectivity index (χ3n) is 3.36. The number of allylic oxidation sites excluding steroid dienone is 1. The van der Waals surface area contributed by atoms with Crippen molar-refractivity contribution in [2.75, 3.05) is 24.0 Å². The van der Waals surface area contributed by atoms with Gasteiger partial charge in [-0.25, -0.2) is 3.63 Å². The monoisotopic (exact) mass is 394 g/mol. The lowest BCUT2D eigenvalue weighted by atomic mass is 10.0. The van der Waals surface area contributed by atoms with Gasteiger partial charge in [-0.1, -0.05) is 43.7 Å². The van der Waals surface area contributed by atoms with Gasteiger partial charge in [0, 0.05) is 16.9 Å². The molecule has 1 aromatic carbocycles. The van der Waals surface area contributed by atoms with Gasteiger partial charge in [0.15, 0.2) is 5.78 Å². The van der Waals surface area contributed by atoms with Crippen molar-refractivity contribution in [2.24, 2.45) is 0 Å². The van der Waals surface area contributed by atoms with Crippen LogP contribution in [-0.2, 0) is 13.7 Å². The Morgan fingerprint density at radius 3 is 2.19 bits per heavy atom. The number of carbonyl (C=O) groups is 1. The first-order valence-corrected chi connectivity index (χ1v) is 12.1. The summed E-state index contributed by atoms with van der Waals surface area (Å²) in [6.07, 6.45) is 4.39. The van der Waals surface area contributed by atoms with Crippen LogP contribution in [0.5, 0.6) is 0 Å². The number of nitriles is 2. The summed E-state index contributed by atoms with van der Waals surface area (Å²) < 4.78 is 29.5. The van der Waals surface area contributed by atoms with Gasteiger partial charge in [0.25, 0.3) is 10.1 Å². The highest BCUT2D eigenvalue weighted by molar-refractivity contribution is 8.32. The molecule has 140 valence electrons. The molecule has 0 bridgehead atoms. The fraction of sp³-hybridized carbons (Fsp3) is 0.389. The lowest BCUT2D eigenvalue weighted by Crippen LogP contribution is -2.20. The smallest absolute Gasteiger partial charge is 0.276 e. The average Bonchev–Trinajstić information content (AvgIpc) is 2.59. The lowest BCUT2D eigenvalue weighted by Gasteiger charge is -2.30. The molecule has 0 amide bonds. The Bertz CT molecular complexity index is 845. The van der Waals surface area contributed by atoms with E-state index in [-0.39, 0.29) is 22.7 Å². The van der Waals surface area contributed by atoms with E-state index >= 15 is 0 Å². The molecular weight excluding hydrogens is 372 g/mol. The van der Waals surface area contributed by atoms with Gasteiger partial charge in [-0.05, 0) is 18.9 Å². The summed E-state index contributed by atoms with van der Waals surface area (Å²) in [6, 6.07) is 11.7. The summed E-state index contributed by atoms with van der Waals surface area (Å²) in [5.74, 6) is -0.670. The minimum Gasteiger partial charge on any atom is -0.289 e. The van der Waals surface area contributed by atoms with Crippen molar-refractivity contribution in [3.63, 3.8) is 0 Å². The first kappa shape index (κ1) is 21.9. The van der Waals surface area contributed by atoms with Crippen LogP contribution in [0.25, 0.3) is 0 Å². The van der Waals surface area contributed by atoms with Crippen molar-refractivity contribution in [1.29, 1.82) is 10.5 Å². The molecule has 0 aliphatic heterocycles. The third kappa shape index (κ3) is 6.64. The number of rotatable bonds is 9. The van der Waals surface area contributed by atoms with Crippen LogP contribution in [0.1, 0.15) is 30.1 Å². The molecule has 8 heteroatoms. The van der Waals surface area contributed by atoms with Crippen molar-refractivity contribution < 1.29 is 16.8 Å². The van der Waals surface area contributed by atoms with E-state index in [9.17, 15) is 23.7 Å². The summed E-state index contributed by atoms with van der Waals surface area (Å²) in [7, 11) is -6.00. The zero-order chi connectivity index (χ0) is 19.8. The molecule has 0 saturated heterocycles. The number of hydrogen-bond donors (Lipinski definition) is 0. The standard InChI is InChI=1S/C18H22N2O4S2/c1-4-5-11-26(22,23)24-25(2,3)14-17(16(12-19)13-20)18(21)15-9-7-6-8-10-15/h6-10H,4-5,11,14H2,1-3H3. The van der Waals surface area contributed by atoms with Crippen LogP contribution < -0.4 is 0 Å². The summed E-state index contributed by atoms with van der Waals surface area (Å²) in [6.45, 7) is 1.87. The van der Waals surface area contributed by atoms with E-state index in [0.717, 1.165) is 0 Å². The molecule has 1 rings (SSSR count). The van der Waals surface area contributed by atoms with Gasteiger partial charge < -0.3 is 0 Å². The molecule has 0 aromatic heterocycles. The maximum atomic E-state index is 12.8. The Balaban J connectivity index is 3.19. The van der Waals surface area contributed by atoms with Crippen LogP contribution in [0.3, 0.4) is 0 Å². The second-order valence-corrected chi connectivity index (χ2v) is 11.3. The normalized spacial score (nSPS) is 11.9. The molecule has 0 spiro atoms. The molecular formula is C18H22N2O4S2. The Hall–Kier alpha value is -2.13. The molecule has 6 nitrogen and oxygen atoms in total. The summed E-state index contributed by atoms with van der Waals surface area (Å²) in [5.41, 5.74) is -0.0181. The average molecular weight is 395 g/mol. The molecule has 0 heterocycles. The van der Waals surface area contributed by atoms with Gasteiger partial charge in [0.05, 0.1) is 5.75 Å². The van der Waals surface area contributed by atoms with Crippen molar-refractivity contribution in [2.45, 2.75) is 19.8 Å². The third-order valence-corrected chi connectivity index (χ3v) is 7.44. The van der Waals surface area contributed by atoms with Gasteiger partial charge in [-0.2, -0.15) is 18.9 Å². The number of Topliss-reactive ketones (excluding diaryl/α,β-unsaturated/α-hetero) is 1. The number of carbonyl (C=O) groups excluding carboxylic acids is 1. The first-order valence-electron chi connectivity index (χ1n) is 7.93. The number of benzene rings is 1.